The van der Waals surface area contributed by atoms with Crippen molar-refractivity contribution in [3.63, 3.8) is 0 Å². The molecule has 1 atom stereocenters. The van der Waals surface area contributed by atoms with Crippen molar-refractivity contribution in [2.75, 3.05) is 23.7 Å². The maximum Gasteiger partial charge on any atom is 0.242 e. The Labute approximate surface area is 222 Å². The summed E-state index contributed by atoms with van der Waals surface area (Å²) < 4.78 is 27.2. The van der Waals surface area contributed by atoms with E-state index in [9.17, 15) is 18.0 Å². The van der Waals surface area contributed by atoms with Gasteiger partial charge in [0.1, 0.15) is 6.04 Å². The smallest absolute Gasteiger partial charge is 0.242 e. The van der Waals surface area contributed by atoms with E-state index in [4.69, 9.17) is 11.6 Å². The Hall–Kier alpha value is -2.10. The number of hydrogen-bond donors (Lipinski definition) is 1. The van der Waals surface area contributed by atoms with Crippen LogP contribution >= 0.6 is 27.5 Å². The molecular weight excluding hydrogens is 554 g/mol. The summed E-state index contributed by atoms with van der Waals surface area (Å²) in [7, 11) is -3.59. The van der Waals surface area contributed by atoms with Gasteiger partial charge in [-0.25, -0.2) is 8.42 Å². The molecule has 2 rings (SSSR count). The number of carbonyl (C=O) groups is 2. The van der Waals surface area contributed by atoms with Gasteiger partial charge in [0.05, 0.1) is 11.9 Å². The predicted molar refractivity (Wildman–Crippen MR) is 145 cm³/mol. The number of nitrogens with one attached hydrogen (secondary N) is 1. The first kappa shape index (κ1) is 29.1. The molecule has 10 heteroatoms. The van der Waals surface area contributed by atoms with Crippen LogP contribution in [0.2, 0.25) is 5.02 Å². The lowest BCUT2D eigenvalue weighted by molar-refractivity contribution is -0.140. The van der Waals surface area contributed by atoms with Gasteiger partial charge in [-0.1, -0.05) is 52.7 Å². The van der Waals surface area contributed by atoms with Crippen LogP contribution in [-0.4, -0.2) is 50.5 Å². The fourth-order valence-corrected chi connectivity index (χ4v) is 5.27. The van der Waals surface area contributed by atoms with Crippen molar-refractivity contribution < 1.29 is 18.0 Å². The van der Waals surface area contributed by atoms with E-state index < -0.39 is 16.1 Å². The van der Waals surface area contributed by atoms with E-state index in [0.717, 1.165) is 28.3 Å². The van der Waals surface area contributed by atoms with Gasteiger partial charge in [-0.2, -0.15) is 0 Å². The first-order chi connectivity index (χ1) is 16.4. The first-order valence-electron chi connectivity index (χ1n) is 11.5. The van der Waals surface area contributed by atoms with Gasteiger partial charge in [0.2, 0.25) is 21.8 Å². The van der Waals surface area contributed by atoms with Crippen LogP contribution in [0.1, 0.15) is 44.2 Å². The molecule has 0 aliphatic heterocycles. The minimum atomic E-state index is -3.59. The molecule has 2 aromatic rings. The van der Waals surface area contributed by atoms with Crippen LogP contribution in [0.15, 0.2) is 46.9 Å². The van der Waals surface area contributed by atoms with Gasteiger partial charge in [0.15, 0.2) is 0 Å². The molecule has 0 aliphatic rings. The minimum Gasteiger partial charge on any atom is -0.354 e. The molecule has 0 aliphatic carbocycles. The summed E-state index contributed by atoms with van der Waals surface area (Å²) in [5.74, 6) is -0.442. The lowest BCUT2D eigenvalue weighted by Crippen LogP contribution is -2.47. The fourth-order valence-electron chi connectivity index (χ4n) is 3.64. The minimum absolute atomic E-state index is 0.0883. The van der Waals surface area contributed by atoms with Gasteiger partial charge in [-0.05, 0) is 62.1 Å². The topological polar surface area (TPSA) is 86.8 Å². The molecule has 35 heavy (non-hydrogen) atoms. The molecule has 1 N–H and O–H groups in total. The Kier molecular flexibility index (Phi) is 11.0. The van der Waals surface area contributed by atoms with Crippen LogP contribution in [0.3, 0.4) is 0 Å². The third-order valence-electron chi connectivity index (χ3n) is 5.55. The van der Waals surface area contributed by atoms with E-state index in [-0.39, 0.29) is 37.7 Å². The van der Waals surface area contributed by atoms with E-state index in [2.05, 4.69) is 21.2 Å². The standard InChI is InChI=1S/C25H33BrClN3O4S/c1-5-13-28-25(32)19(3)29(17-20-8-6-9-21(26)15-20)24(31)10-7-14-30(35(4,33)34)23-16-22(27)12-11-18(23)2/h6,8-9,11-12,15-16,19H,5,7,10,13-14,17H2,1-4H3,(H,28,32)/t19-/m1/s1. The van der Waals surface area contributed by atoms with Gasteiger partial charge in [0.25, 0.3) is 0 Å². The Bertz CT molecular complexity index is 1140. The van der Waals surface area contributed by atoms with Crippen molar-refractivity contribution in [3.05, 3.63) is 63.1 Å². The van der Waals surface area contributed by atoms with Crippen LogP contribution < -0.4 is 9.62 Å². The Morgan fingerprint density at radius 2 is 1.89 bits per heavy atom. The number of anilines is 1. The van der Waals surface area contributed by atoms with E-state index >= 15 is 0 Å². The summed E-state index contributed by atoms with van der Waals surface area (Å²) in [5, 5.41) is 3.28. The van der Waals surface area contributed by atoms with Crippen molar-refractivity contribution in [1.82, 2.24) is 10.2 Å². The average molecular weight is 587 g/mol. The van der Waals surface area contributed by atoms with Crippen LogP contribution in [-0.2, 0) is 26.2 Å². The highest BCUT2D eigenvalue weighted by Crippen LogP contribution is 2.27. The molecule has 0 heterocycles. The number of rotatable bonds is 12. The number of benzene rings is 2. The van der Waals surface area contributed by atoms with Gasteiger partial charge >= 0.3 is 0 Å². The Balaban J connectivity index is 2.19. The summed E-state index contributed by atoms with van der Waals surface area (Å²) in [6.07, 6.45) is 2.30. The molecule has 0 radical (unpaired) electrons. The molecule has 192 valence electrons. The highest BCUT2D eigenvalue weighted by atomic mass is 79.9. The molecule has 0 fully saturated rings. The second kappa shape index (κ2) is 13.3. The second-order valence-corrected chi connectivity index (χ2v) is 11.7. The van der Waals surface area contributed by atoms with Crippen LogP contribution in [0, 0.1) is 6.92 Å². The summed E-state index contributed by atoms with van der Waals surface area (Å²) in [4.78, 5) is 27.5. The maximum atomic E-state index is 13.3. The molecule has 0 bridgehead atoms. The van der Waals surface area contributed by atoms with Crippen molar-refractivity contribution in [2.24, 2.45) is 0 Å². The highest BCUT2D eigenvalue weighted by molar-refractivity contribution is 9.10. The molecule has 0 saturated heterocycles. The highest BCUT2D eigenvalue weighted by Gasteiger charge is 2.26. The van der Waals surface area contributed by atoms with Crippen molar-refractivity contribution in [2.45, 2.75) is 52.6 Å². The number of sulfonamides is 1. The van der Waals surface area contributed by atoms with Gasteiger partial charge in [-0.15, -0.1) is 0 Å². The van der Waals surface area contributed by atoms with E-state index in [0.29, 0.717) is 17.3 Å². The van der Waals surface area contributed by atoms with Crippen molar-refractivity contribution in [1.29, 1.82) is 0 Å². The van der Waals surface area contributed by atoms with Gasteiger partial charge in [-0.3, -0.25) is 13.9 Å². The number of carbonyl (C=O) groups excluding carboxylic acids is 2. The number of hydrogen-bond acceptors (Lipinski definition) is 4. The SMILES string of the molecule is CCCNC(=O)[C@@H](C)N(Cc1cccc(Br)c1)C(=O)CCCN(c1cc(Cl)ccc1C)S(C)(=O)=O. The number of aryl methyl sites for hydroxylation is 1. The number of nitrogens with zero attached hydrogens (tertiary/aromatic N) is 2. The van der Waals surface area contributed by atoms with Crippen LogP contribution in [0.4, 0.5) is 5.69 Å². The molecule has 0 aromatic heterocycles. The molecule has 0 unspecified atom stereocenters. The van der Waals surface area contributed by atoms with Crippen LogP contribution in [0.5, 0.6) is 0 Å². The fraction of sp³-hybridized carbons (Fsp3) is 0.440. The van der Waals surface area contributed by atoms with Crippen molar-refractivity contribution >= 4 is 55.1 Å². The van der Waals surface area contributed by atoms with Crippen LogP contribution in [0.25, 0.3) is 0 Å². The molecule has 7 nitrogen and oxygen atoms in total. The lowest BCUT2D eigenvalue weighted by Gasteiger charge is -2.29. The molecule has 0 spiro atoms. The zero-order chi connectivity index (χ0) is 26.2. The lowest BCUT2D eigenvalue weighted by atomic mass is 10.1. The zero-order valence-corrected chi connectivity index (χ0v) is 23.7. The summed E-state index contributed by atoms with van der Waals surface area (Å²) in [6, 6.07) is 12.0. The number of halogens is 2. The third-order valence-corrected chi connectivity index (χ3v) is 7.46. The molecule has 0 saturated carbocycles. The quantitative estimate of drug-likeness (QED) is 0.383. The van der Waals surface area contributed by atoms with E-state index in [1.54, 1.807) is 30.0 Å². The summed E-state index contributed by atoms with van der Waals surface area (Å²) >= 11 is 9.55. The third kappa shape index (κ3) is 8.81. The Morgan fingerprint density at radius 3 is 2.51 bits per heavy atom. The normalized spacial score (nSPS) is 12.2. The largest absolute Gasteiger partial charge is 0.354 e. The number of amides is 2. The Morgan fingerprint density at radius 1 is 1.17 bits per heavy atom. The molecule has 2 aromatic carbocycles. The van der Waals surface area contributed by atoms with E-state index in [1.165, 1.54) is 4.31 Å². The zero-order valence-electron chi connectivity index (χ0n) is 20.6. The molecule has 2 amide bonds. The van der Waals surface area contributed by atoms with Crippen molar-refractivity contribution in [3.8, 4) is 0 Å². The first-order valence-corrected chi connectivity index (χ1v) is 14.5. The monoisotopic (exact) mass is 585 g/mol. The predicted octanol–water partition coefficient (Wildman–Crippen LogP) is 4.90. The molecular formula is C25H33BrClN3O4S. The van der Waals surface area contributed by atoms with Gasteiger partial charge < -0.3 is 10.2 Å². The average Bonchev–Trinajstić information content (AvgIpc) is 2.79. The van der Waals surface area contributed by atoms with Gasteiger partial charge in [0, 0.05) is 35.6 Å². The summed E-state index contributed by atoms with van der Waals surface area (Å²) in [5.41, 5.74) is 2.14. The second-order valence-electron chi connectivity index (χ2n) is 8.49. The van der Waals surface area contributed by atoms with E-state index in [1.807, 2.05) is 38.1 Å². The summed E-state index contributed by atoms with van der Waals surface area (Å²) in [6.45, 7) is 6.40. The maximum absolute atomic E-state index is 13.3.